The Labute approximate surface area is 145 Å². The van der Waals surface area contributed by atoms with E-state index in [0.29, 0.717) is 17.4 Å². The van der Waals surface area contributed by atoms with Gasteiger partial charge >= 0.3 is 6.09 Å². The van der Waals surface area contributed by atoms with Crippen LogP contribution >= 0.6 is 15.9 Å². The molecule has 0 radical (unpaired) electrons. The van der Waals surface area contributed by atoms with E-state index in [4.69, 9.17) is 9.47 Å². The summed E-state index contributed by atoms with van der Waals surface area (Å²) in [6.07, 6.45) is 0.00342. The molecule has 4 nitrogen and oxygen atoms in total. The van der Waals surface area contributed by atoms with Crippen molar-refractivity contribution in [3.8, 4) is 0 Å². The Kier molecular flexibility index (Phi) is 5.36. The van der Waals surface area contributed by atoms with E-state index in [0.717, 1.165) is 11.1 Å². The van der Waals surface area contributed by atoms with Crippen LogP contribution in [0.25, 0.3) is 0 Å². The van der Waals surface area contributed by atoms with Crippen LogP contribution in [-0.4, -0.2) is 36.4 Å². The number of likely N-dealkylation sites (N-methyl/N-ethyl adjacent to an activating group) is 1. The molecule has 0 bridgehead atoms. The van der Waals surface area contributed by atoms with Gasteiger partial charge in [0.05, 0.1) is 16.6 Å². The second-order valence-corrected chi connectivity index (χ2v) is 7.51. The number of fused-ring (bicyclic) bond motifs is 1. The van der Waals surface area contributed by atoms with Crippen molar-refractivity contribution in [1.82, 2.24) is 4.90 Å². The highest BCUT2D eigenvalue weighted by molar-refractivity contribution is 9.10. The number of hydrogen-bond acceptors (Lipinski definition) is 3. The maximum Gasteiger partial charge on any atom is 0.410 e. The van der Waals surface area contributed by atoms with E-state index >= 15 is 0 Å². The Morgan fingerprint density at radius 2 is 2.09 bits per heavy atom. The number of hydrogen-bond donors (Lipinski definition) is 0. The van der Waals surface area contributed by atoms with E-state index in [1.165, 1.54) is 6.07 Å². The van der Waals surface area contributed by atoms with Gasteiger partial charge in [0.1, 0.15) is 11.4 Å². The number of carbonyl (C=O) groups excluding carboxylic acids is 1. The van der Waals surface area contributed by atoms with Gasteiger partial charge in [0.2, 0.25) is 0 Å². The first-order valence-electron chi connectivity index (χ1n) is 7.68. The highest BCUT2D eigenvalue weighted by Crippen LogP contribution is 2.40. The first kappa shape index (κ1) is 18.2. The molecule has 2 rings (SSSR count). The van der Waals surface area contributed by atoms with Crippen molar-refractivity contribution >= 4 is 22.0 Å². The molecule has 128 valence electrons. The number of carbonyl (C=O) groups is 1. The smallest absolute Gasteiger partial charge is 0.410 e. The summed E-state index contributed by atoms with van der Waals surface area (Å²) in [5, 5.41) is 0. The highest BCUT2D eigenvalue weighted by Gasteiger charge is 2.40. The third-order valence-corrected chi connectivity index (χ3v) is 4.49. The van der Waals surface area contributed by atoms with E-state index in [-0.39, 0.29) is 18.0 Å². The third-order valence-electron chi connectivity index (χ3n) is 3.88. The van der Waals surface area contributed by atoms with Crippen LogP contribution in [0.5, 0.6) is 0 Å². The normalized spacial score (nSPS) is 20.3. The van der Waals surface area contributed by atoms with E-state index in [9.17, 15) is 9.18 Å². The fourth-order valence-corrected chi connectivity index (χ4v) is 3.32. The zero-order valence-electron chi connectivity index (χ0n) is 14.2. The minimum Gasteiger partial charge on any atom is -0.444 e. The topological polar surface area (TPSA) is 38.8 Å². The third kappa shape index (κ3) is 3.86. The zero-order chi connectivity index (χ0) is 17.4. The van der Waals surface area contributed by atoms with Crippen molar-refractivity contribution in [2.45, 2.75) is 51.9 Å². The molecule has 0 N–H and O–H groups in total. The molecule has 0 spiro atoms. The number of benzene rings is 1. The number of rotatable bonds is 3. The Morgan fingerprint density at radius 1 is 1.43 bits per heavy atom. The second kappa shape index (κ2) is 6.77. The zero-order valence-corrected chi connectivity index (χ0v) is 15.7. The molecule has 0 fully saturated rings. The standard InChI is InChI=1S/C17H23BrFNO3/c1-6-20(16(21)23-17(2,3)4)15-11-9-13(19)12(18)7-10(11)8-14(15)22-5/h7,9,14-15H,6,8H2,1-5H3. The van der Waals surface area contributed by atoms with Crippen LogP contribution in [0.4, 0.5) is 9.18 Å². The average molecular weight is 388 g/mol. The monoisotopic (exact) mass is 387 g/mol. The molecule has 0 aromatic heterocycles. The molecule has 6 heteroatoms. The van der Waals surface area contributed by atoms with Crippen molar-refractivity contribution in [2.75, 3.05) is 13.7 Å². The molecule has 0 aliphatic heterocycles. The molecule has 1 aromatic carbocycles. The summed E-state index contributed by atoms with van der Waals surface area (Å²) in [5.74, 6) is -0.342. The second-order valence-electron chi connectivity index (χ2n) is 6.65. The van der Waals surface area contributed by atoms with Crippen LogP contribution in [0.2, 0.25) is 0 Å². The molecule has 2 atom stereocenters. The van der Waals surface area contributed by atoms with E-state index < -0.39 is 11.7 Å². The van der Waals surface area contributed by atoms with Crippen molar-refractivity contribution in [3.05, 3.63) is 33.5 Å². The van der Waals surface area contributed by atoms with E-state index in [1.807, 2.05) is 27.7 Å². The molecule has 23 heavy (non-hydrogen) atoms. The molecular weight excluding hydrogens is 365 g/mol. The summed E-state index contributed by atoms with van der Waals surface area (Å²) in [6.45, 7) is 7.81. The van der Waals surface area contributed by atoms with Gasteiger partial charge in [-0.2, -0.15) is 0 Å². The number of ether oxygens (including phenoxy) is 2. The van der Waals surface area contributed by atoms with Crippen LogP contribution < -0.4 is 0 Å². The van der Waals surface area contributed by atoms with Crippen LogP contribution in [-0.2, 0) is 15.9 Å². The largest absolute Gasteiger partial charge is 0.444 e. The first-order valence-corrected chi connectivity index (χ1v) is 8.47. The lowest BCUT2D eigenvalue weighted by Crippen LogP contribution is -2.42. The number of nitrogens with zero attached hydrogens (tertiary/aromatic N) is 1. The van der Waals surface area contributed by atoms with Gasteiger partial charge in [-0.15, -0.1) is 0 Å². The molecule has 1 aliphatic rings. The van der Waals surface area contributed by atoms with Crippen LogP contribution in [0.1, 0.15) is 44.9 Å². The predicted octanol–water partition coefficient (Wildman–Crippen LogP) is 4.46. The van der Waals surface area contributed by atoms with Gasteiger partial charge in [-0.05, 0) is 66.9 Å². The molecule has 2 unspecified atom stereocenters. The van der Waals surface area contributed by atoms with Crippen LogP contribution in [0.15, 0.2) is 16.6 Å². The number of methoxy groups -OCH3 is 1. The van der Waals surface area contributed by atoms with Crippen molar-refractivity contribution in [2.24, 2.45) is 0 Å². The fourth-order valence-electron chi connectivity index (χ4n) is 2.92. The number of halogens is 2. The van der Waals surface area contributed by atoms with Gasteiger partial charge in [-0.1, -0.05) is 0 Å². The van der Waals surface area contributed by atoms with Gasteiger partial charge in [0, 0.05) is 20.1 Å². The summed E-state index contributed by atoms with van der Waals surface area (Å²) in [6, 6.07) is 2.90. The lowest BCUT2D eigenvalue weighted by molar-refractivity contribution is -0.0111. The lowest BCUT2D eigenvalue weighted by Gasteiger charge is -2.33. The van der Waals surface area contributed by atoms with Crippen LogP contribution in [0.3, 0.4) is 0 Å². The van der Waals surface area contributed by atoms with Gasteiger partial charge in [0.15, 0.2) is 0 Å². The average Bonchev–Trinajstić information content (AvgIpc) is 2.76. The molecule has 1 aromatic rings. The summed E-state index contributed by atoms with van der Waals surface area (Å²) in [7, 11) is 1.61. The molecule has 0 heterocycles. The summed E-state index contributed by atoms with van der Waals surface area (Å²) in [5.41, 5.74) is 1.18. The van der Waals surface area contributed by atoms with Crippen molar-refractivity contribution in [1.29, 1.82) is 0 Å². The summed E-state index contributed by atoms with van der Waals surface area (Å²) >= 11 is 3.21. The van der Waals surface area contributed by atoms with E-state index in [1.54, 1.807) is 18.1 Å². The van der Waals surface area contributed by atoms with Crippen molar-refractivity contribution < 1.29 is 18.7 Å². The van der Waals surface area contributed by atoms with Gasteiger partial charge in [0.25, 0.3) is 0 Å². The highest BCUT2D eigenvalue weighted by atomic mass is 79.9. The quantitative estimate of drug-likeness (QED) is 0.768. The maximum atomic E-state index is 14.0. The Bertz CT molecular complexity index is 600. The van der Waals surface area contributed by atoms with Crippen molar-refractivity contribution in [3.63, 3.8) is 0 Å². The molecule has 1 amide bonds. The maximum absolute atomic E-state index is 14.0. The van der Waals surface area contributed by atoms with E-state index in [2.05, 4.69) is 15.9 Å². The Morgan fingerprint density at radius 3 is 2.61 bits per heavy atom. The fraction of sp³-hybridized carbons (Fsp3) is 0.588. The number of amides is 1. The molecule has 0 saturated carbocycles. The molecule has 1 aliphatic carbocycles. The molecular formula is C17H23BrFNO3. The molecule has 0 saturated heterocycles. The summed E-state index contributed by atoms with van der Waals surface area (Å²) in [4.78, 5) is 14.2. The Balaban J connectivity index is 2.39. The first-order chi connectivity index (χ1) is 10.7. The lowest BCUT2D eigenvalue weighted by atomic mass is 10.1. The van der Waals surface area contributed by atoms with Gasteiger partial charge in [-0.25, -0.2) is 9.18 Å². The summed E-state index contributed by atoms with van der Waals surface area (Å²) < 4.78 is 25.5. The predicted molar refractivity (Wildman–Crippen MR) is 90.0 cm³/mol. The SMILES string of the molecule is CCN(C(=O)OC(C)(C)C)C1c2cc(F)c(Br)cc2CC1OC. The van der Waals surface area contributed by atoms with Crippen LogP contribution in [0, 0.1) is 5.82 Å². The van der Waals surface area contributed by atoms with Gasteiger partial charge in [-0.3, -0.25) is 4.90 Å². The minimum absolute atomic E-state index is 0.217. The Hall–Kier alpha value is -1.14. The van der Waals surface area contributed by atoms with Gasteiger partial charge < -0.3 is 9.47 Å². The minimum atomic E-state index is -0.584.